The van der Waals surface area contributed by atoms with Crippen LogP contribution in [0.1, 0.15) is 17.9 Å². The van der Waals surface area contributed by atoms with Crippen molar-refractivity contribution in [1.29, 1.82) is 0 Å². The van der Waals surface area contributed by atoms with Crippen LogP contribution in [0.3, 0.4) is 0 Å². The molecule has 2 atom stereocenters. The number of nitrogens with two attached hydrogens (primary N) is 1. The predicted molar refractivity (Wildman–Crippen MR) is 44.9 cm³/mol. The lowest BCUT2D eigenvalue weighted by atomic mass is 10.1. The highest BCUT2D eigenvalue weighted by Crippen LogP contribution is 2.49. The second-order valence-electron chi connectivity index (χ2n) is 3.32. The van der Waals surface area contributed by atoms with Gasteiger partial charge in [0.05, 0.1) is 13.3 Å². The van der Waals surface area contributed by atoms with Gasteiger partial charge in [-0.05, 0) is 12.0 Å². The van der Waals surface area contributed by atoms with Gasteiger partial charge in [0.2, 0.25) is 0 Å². The third-order valence-electron chi connectivity index (χ3n) is 2.49. The maximum absolute atomic E-state index is 11.2. The number of carbonyl (C=O) groups is 1. The summed E-state index contributed by atoms with van der Waals surface area (Å²) in [5.41, 5.74) is 5.96. The molecule has 13 heavy (non-hydrogen) atoms. The monoisotopic (exact) mass is 181 g/mol. The largest absolute Gasteiger partial charge is 0.468 e. The third kappa shape index (κ3) is 1.12. The molecule has 0 saturated heterocycles. The van der Waals surface area contributed by atoms with E-state index in [1.165, 1.54) is 7.11 Å². The summed E-state index contributed by atoms with van der Waals surface area (Å²) in [5, 5.41) is 6.49. The van der Waals surface area contributed by atoms with E-state index < -0.39 is 5.54 Å². The number of aromatic nitrogens is 2. The molecule has 1 aromatic rings. The highest BCUT2D eigenvalue weighted by molar-refractivity contribution is 5.86. The summed E-state index contributed by atoms with van der Waals surface area (Å²) in [5.74, 6) is -0.294. The molecule has 0 aliphatic heterocycles. The van der Waals surface area contributed by atoms with Crippen LogP contribution in [0.4, 0.5) is 0 Å². The second-order valence-corrected chi connectivity index (χ2v) is 3.32. The van der Waals surface area contributed by atoms with E-state index in [-0.39, 0.29) is 11.9 Å². The minimum atomic E-state index is -0.821. The Morgan fingerprint density at radius 3 is 3.23 bits per heavy atom. The summed E-state index contributed by atoms with van der Waals surface area (Å²) in [6.45, 7) is 0. The zero-order valence-electron chi connectivity index (χ0n) is 7.28. The Labute approximate surface area is 75.3 Å². The van der Waals surface area contributed by atoms with Crippen LogP contribution in [0.25, 0.3) is 0 Å². The molecular formula is C8H11N3O2. The van der Waals surface area contributed by atoms with Gasteiger partial charge in [-0.1, -0.05) is 0 Å². The number of methoxy groups -OCH3 is 1. The fraction of sp³-hybridized carbons (Fsp3) is 0.500. The van der Waals surface area contributed by atoms with Gasteiger partial charge in [0.15, 0.2) is 0 Å². The summed E-state index contributed by atoms with van der Waals surface area (Å²) < 4.78 is 4.61. The van der Waals surface area contributed by atoms with Gasteiger partial charge in [-0.2, -0.15) is 5.10 Å². The molecule has 1 aliphatic rings. The first kappa shape index (κ1) is 8.25. The Morgan fingerprint density at radius 1 is 1.92 bits per heavy atom. The molecule has 0 radical (unpaired) electrons. The van der Waals surface area contributed by atoms with E-state index >= 15 is 0 Å². The van der Waals surface area contributed by atoms with Crippen molar-refractivity contribution in [2.45, 2.75) is 17.9 Å². The van der Waals surface area contributed by atoms with Gasteiger partial charge in [-0.3, -0.25) is 9.89 Å². The van der Waals surface area contributed by atoms with Crippen LogP contribution in [0.15, 0.2) is 12.4 Å². The van der Waals surface area contributed by atoms with Gasteiger partial charge in [0.25, 0.3) is 0 Å². The Hall–Kier alpha value is -1.36. The molecule has 0 bridgehead atoms. The number of rotatable bonds is 2. The molecule has 5 heteroatoms. The molecule has 1 heterocycles. The van der Waals surface area contributed by atoms with Gasteiger partial charge in [0.1, 0.15) is 5.54 Å². The van der Waals surface area contributed by atoms with E-state index in [9.17, 15) is 4.79 Å². The summed E-state index contributed by atoms with van der Waals surface area (Å²) >= 11 is 0. The molecule has 0 spiro atoms. The van der Waals surface area contributed by atoms with Gasteiger partial charge in [-0.15, -0.1) is 0 Å². The summed E-state index contributed by atoms with van der Waals surface area (Å²) in [4.78, 5) is 11.2. The van der Waals surface area contributed by atoms with E-state index in [1.54, 1.807) is 12.4 Å². The zero-order valence-corrected chi connectivity index (χ0v) is 7.28. The van der Waals surface area contributed by atoms with E-state index in [4.69, 9.17) is 5.73 Å². The van der Waals surface area contributed by atoms with Crippen LogP contribution in [0.2, 0.25) is 0 Å². The average molecular weight is 181 g/mol. The summed E-state index contributed by atoms with van der Waals surface area (Å²) in [7, 11) is 1.35. The number of H-pyrrole nitrogens is 1. The number of nitrogens with zero attached hydrogens (tertiary/aromatic N) is 1. The molecule has 0 aromatic carbocycles. The predicted octanol–water partition coefficient (Wildman–Crippen LogP) is -0.233. The van der Waals surface area contributed by atoms with Crippen molar-refractivity contribution in [3.05, 3.63) is 18.0 Å². The van der Waals surface area contributed by atoms with Crippen LogP contribution in [0.5, 0.6) is 0 Å². The van der Waals surface area contributed by atoms with E-state index in [0.717, 1.165) is 5.56 Å². The highest BCUT2D eigenvalue weighted by Gasteiger charge is 2.59. The molecule has 3 N–H and O–H groups in total. The van der Waals surface area contributed by atoms with Crippen LogP contribution >= 0.6 is 0 Å². The second kappa shape index (κ2) is 2.56. The van der Waals surface area contributed by atoms with Crippen molar-refractivity contribution < 1.29 is 9.53 Å². The maximum Gasteiger partial charge on any atom is 0.326 e. The normalized spacial score (nSPS) is 31.4. The number of carbonyl (C=O) groups excluding carboxylic acids is 1. The molecule has 0 amide bonds. The van der Waals surface area contributed by atoms with Crippen molar-refractivity contribution in [2.24, 2.45) is 5.73 Å². The Balaban J connectivity index is 2.14. The molecule has 1 aliphatic carbocycles. The van der Waals surface area contributed by atoms with E-state index in [0.29, 0.717) is 6.42 Å². The first-order valence-corrected chi connectivity index (χ1v) is 4.04. The topological polar surface area (TPSA) is 81.0 Å². The van der Waals surface area contributed by atoms with Crippen molar-refractivity contribution in [3.8, 4) is 0 Å². The van der Waals surface area contributed by atoms with Gasteiger partial charge in [-0.25, -0.2) is 0 Å². The van der Waals surface area contributed by atoms with Crippen LogP contribution in [-0.4, -0.2) is 28.8 Å². The standard InChI is InChI=1S/C8H11N3O2/c1-13-7(12)8(9)2-6(8)5-3-10-11-4-5/h3-4,6H,2,9H2,1H3,(H,10,11). The number of aromatic amines is 1. The molecule has 70 valence electrons. The molecule has 2 rings (SSSR count). The SMILES string of the molecule is COC(=O)C1(N)CC1c1cn[nH]c1. The number of ether oxygens (including phenoxy) is 1. The van der Waals surface area contributed by atoms with Crippen molar-refractivity contribution in [3.63, 3.8) is 0 Å². The lowest BCUT2D eigenvalue weighted by Gasteiger charge is -2.06. The fourth-order valence-electron chi connectivity index (χ4n) is 1.56. The molecule has 2 unspecified atom stereocenters. The van der Waals surface area contributed by atoms with Crippen LogP contribution in [0, 0.1) is 0 Å². The number of hydrogen-bond acceptors (Lipinski definition) is 4. The lowest BCUT2D eigenvalue weighted by molar-refractivity contribution is -0.143. The third-order valence-corrected chi connectivity index (χ3v) is 2.49. The van der Waals surface area contributed by atoms with Crippen molar-refractivity contribution in [1.82, 2.24) is 10.2 Å². The first-order chi connectivity index (χ1) is 6.18. The summed E-state index contributed by atoms with van der Waals surface area (Å²) in [6.07, 6.45) is 4.07. The Kier molecular flexibility index (Phi) is 1.63. The highest BCUT2D eigenvalue weighted by atomic mass is 16.5. The Morgan fingerprint density at radius 2 is 2.69 bits per heavy atom. The van der Waals surface area contributed by atoms with Crippen LogP contribution in [-0.2, 0) is 9.53 Å². The van der Waals surface area contributed by atoms with Gasteiger partial charge in [0, 0.05) is 12.1 Å². The van der Waals surface area contributed by atoms with Crippen molar-refractivity contribution >= 4 is 5.97 Å². The first-order valence-electron chi connectivity index (χ1n) is 4.04. The molecule has 1 saturated carbocycles. The smallest absolute Gasteiger partial charge is 0.326 e. The number of esters is 1. The average Bonchev–Trinajstić information content (AvgIpc) is 2.65. The lowest BCUT2D eigenvalue weighted by Crippen LogP contribution is -2.35. The number of hydrogen-bond donors (Lipinski definition) is 2. The maximum atomic E-state index is 11.2. The molecular weight excluding hydrogens is 170 g/mol. The molecule has 1 fully saturated rings. The molecule has 5 nitrogen and oxygen atoms in total. The van der Waals surface area contributed by atoms with Gasteiger partial charge < -0.3 is 10.5 Å². The zero-order chi connectivity index (χ0) is 9.47. The minimum Gasteiger partial charge on any atom is -0.468 e. The van der Waals surface area contributed by atoms with Crippen molar-refractivity contribution in [2.75, 3.05) is 7.11 Å². The quantitative estimate of drug-likeness (QED) is 0.617. The van der Waals surface area contributed by atoms with E-state index in [1.807, 2.05) is 0 Å². The molecule has 1 aromatic heterocycles. The fourth-order valence-corrected chi connectivity index (χ4v) is 1.56. The van der Waals surface area contributed by atoms with Gasteiger partial charge >= 0.3 is 5.97 Å². The summed E-state index contributed by atoms with van der Waals surface area (Å²) in [6, 6.07) is 0. The van der Waals surface area contributed by atoms with Crippen LogP contribution < -0.4 is 5.73 Å². The number of nitrogens with one attached hydrogen (secondary N) is 1. The van der Waals surface area contributed by atoms with E-state index in [2.05, 4.69) is 14.9 Å². The Bertz CT molecular complexity index is 322. The minimum absolute atomic E-state index is 0.0544.